The Balaban J connectivity index is 1.82. The molecule has 1 N–H and O–H groups in total. The van der Waals surface area contributed by atoms with E-state index in [1.54, 1.807) is 18.8 Å². The third-order valence-corrected chi connectivity index (χ3v) is 3.18. The summed E-state index contributed by atoms with van der Waals surface area (Å²) >= 11 is 0. The molecule has 1 aromatic heterocycles. The molecule has 0 spiro atoms. The van der Waals surface area contributed by atoms with Crippen molar-refractivity contribution >= 4 is 5.91 Å². The molecule has 0 aliphatic carbocycles. The SMILES string of the molecule is CN(C)C(=O)COc1cccc(CNCc2cnn(C)c2)c1. The van der Waals surface area contributed by atoms with E-state index in [1.807, 2.05) is 43.7 Å². The summed E-state index contributed by atoms with van der Waals surface area (Å²) in [4.78, 5) is 13.0. The molecule has 0 bridgehead atoms. The number of hydrogen-bond donors (Lipinski definition) is 1. The molecule has 0 saturated heterocycles. The van der Waals surface area contributed by atoms with Crippen LogP contribution in [0.2, 0.25) is 0 Å². The summed E-state index contributed by atoms with van der Waals surface area (Å²) in [7, 11) is 5.33. The zero-order chi connectivity index (χ0) is 15.9. The highest BCUT2D eigenvalue weighted by Gasteiger charge is 2.05. The fraction of sp³-hybridized carbons (Fsp3) is 0.375. The Bertz CT molecular complexity index is 622. The highest BCUT2D eigenvalue weighted by atomic mass is 16.5. The second kappa shape index (κ2) is 7.61. The first-order valence-electron chi connectivity index (χ1n) is 7.15. The molecule has 1 heterocycles. The van der Waals surface area contributed by atoms with Crippen LogP contribution in [0, 0.1) is 0 Å². The average molecular weight is 302 g/mol. The molecule has 2 aromatic rings. The Kier molecular flexibility index (Phi) is 5.55. The molecule has 22 heavy (non-hydrogen) atoms. The van der Waals surface area contributed by atoms with Gasteiger partial charge >= 0.3 is 0 Å². The number of aryl methyl sites for hydroxylation is 1. The highest BCUT2D eigenvalue weighted by molar-refractivity contribution is 5.77. The van der Waals surface area contributed by atoms with Crippen molar-refractivity contribution in [1.82, 2.24) is 20.0 Å². The van der Waals surface area contributed by atoms with Crippen LogP contribution in [0.4, 0.5) is 0 Å². The summed E-state index contributed by atoms with van der Waals surface area (Å²) in [6.07, 6.45) is 3.83. The summed E-state index contributed by atoms with van der Waals surface area (Å²) in [5, 5.41) is 7.49. The number of ether oxygens (including phenoxy) is 1. The van der Waals surface area contributed by atoms with E-state index < -0.39 is 0 Å². The molecular weight excluding hydrogens is 280 g/mol. The second-order valence-corrected chi connectivity index (χ2v) is 5.35. The molecule has 6 nitrogen and oxygen atoms in total. The zero-order valence-electron chi connectivity index (χ0n) is 13.2. The van der Waals surface area contributed by atoms with Gasteiger partial charge in [0.1, 0.15) is 5.75 Å². The van der Waals surface area contributed by atoms with Gasteiger partial charge in [-0.05, 0) is 17.7 Å². The molecule has 0 fully saturated rings. The van der Waals surface area contributed by atoms with Crippen molar-refractivity contribution in [2.75, 3.05) is 20.7 Å². The van der Waals surface area contributed by atoms with E-state index in [4.69, 9.17) is 4.74 Å². The number of nitrogens with zero attached hydrogens (tertiary/aromatic N) is 3. The second-order valence-electron chi connectivity index (χ2n) is 5.35. The highest BCUT2D eigenvalue weighted by Crippen LogP contribution is 2.13. The minimum absolute atomic E-state index is 0.0551. The van der Waals surface area contributed by atoms with Crippen LogP contribution in [-0.4, -0.2) is 41.3 Å². The maximum Gasteiger partial charge on any atom is 0.259 e. The van der Waals surface area contributed by atoms with Crippen LogP contribution in [0.3, 0.4) is 0 Å². The fourth-order valence-electron chi connectivity index (χ4n) is 1.93. The van der Waals surface area contributed by atoms with Crippen LogP contribution in [0.25, 0.3) is 0 Å². The van der Waals surface area contributed by atoms with Gasteiger partial charge in [-0.25, -0.2) is 0 Å². The van der Waals surface area contributed by atoms with Gasteiger partial charge in [0, 0.05) is 46.0 Å². The van der Waals surface area contributed by atoms with Crippen LogP contribution in [0.5, 0.6) is 5.75 Å². The van der Waals surface area contributed by atoms with Gasteiger partial charge in [-0.15, -0.1) is 0 Å². The smallest absolute Gasteiger partial charge is 0.259 e. The van der Waals surface area contributed by atoms with E-state index in [-0.39, 0.29) is 12.5 Å². The lowest BCUT2D eigenvalue weighted by molar-refractivity contribution is -0.130. The number of likely N-dealkylation sites (N-methyl/N-ethyl adjacent to an activating group) is 1. The predicted octanol–water partition coefficient (Wildman–Crippen LogP) is 1.18. The summed E-state index contributed by atoms with van der Waals surface area (Å²) in [6.45, 7) is 1.55. The normalized spacial score (nSPS) is 10.5. The zero-order valence-corrected chi connectivity index (χ0v) is 13.2. The minimum Gasteiger partial charge on any atom is -0.484 e. The molecule has 0 aliphatic rings. The summed E-state index contributed by atoms with van der Waals surface area (Å²) in [6, 6.07) is 7.75. The lowest BCUT2D eigenvalue weighted by Crippen LogP contribution is -2.27. The third-order valence-electron chi connectivity index (χ3n) is 3.18. The summed E-state index contributed by atoms with van der Waals surface area (Å²) < 4.78 is 7.29. The van der Waals surface area contributed by atoms with Gasteiger partial charge in [0.15, 0.2) is 6.61 Å². The van der Waals surface area contributed by atoms with Crippen LogP contribution < -0.4 is 10.1 Å². The number of rotatable bonds is 7. The van der Waals surface area contributed by atoms with E-state index >= 15 is 0 Å². The quantitative estimate of drug-likeness (QED) is 0.834. The standard InChI is InChI=1S/C16H22N4O2/c1-19(2)16(21)12-22-15-6-4-5-13(7-15)8-17-9-14-10-18-20(3)11-14/h4-7,10-11,17H,8-9,12H2,1-3H3. The van der Waals surface area contributed by atoms with Crippen LogP contribution in [0.1, 0.15) is 11.1 Å². The number of hydrogen-bond acceptors (Lipinski definition) is 4. The van der Waals surface area contributed by atoms with Crippen LogP contribution in [-0.2, 0) is 24.9 Å². The first-order chi connectivity index (χ1) is 10.5. The Hall–Kier alpha value is -2.34. The summed E-state index contributed by atoms with van der Waals surface area (Å²) in [5.41, 5.74) is 2.25. The molecule has 6 heteroatoms. The van der Waals surface area contributed by atoms with Gasteiger partial charge in [0.2, 0.25) is 0 Å². The van der Waals surface area contributed by atoms with Crippen molar-refractivity contribution in [3.63, 3.8) is 0 Å². The maximum atomic E-state index is 11.5. The lowest BCUT2D eigenvalue weighted by Gasteiger charge is -2.12. The van der Waals surface area contributed by atoms with Gasteiger partial charge in [0.05, 0.1) is 6.20 Å². The molecule has 2 rings (SSSR count). The van der Waals surface area contributed by atoms with Crippen molar-refractivity contribution in [2.45, 2.75) is 13.1 Å². The van der Waals surface area contributed by atoms with Crippen molar-refractivity contribution in [3.05, 3.63) is 47.8 Å². The van der Waals surface area contributed by atoms with Crippen molar-refractivity contribution < 1.29 is 9.53 Å². The molecule has 1 amide bonds. The predicted molar refractivity (Wildman–Crippen MR) is 84.4 cm³/mol. The van der Waals surface area contributed by atoms with Gasteiger partial charge in [-0.1, -0.05) is 12.1 Å². The van der Waals surface area contributed by atoms with Crippen molar-refractivity contribution in [1.29, 1.82) is 0 Å². The number of aromatic nitrogens is 2. The van der Waals surface area contributed by atoms with Crippen LogP contribution >= 0.6 is 0 Å². The van der Waals surface area contributed by atoms with Gasteiger partial charge in [-0.2, -0.15) is 5.10 Å². The third kappa shape index (κ3) is 4.89. The molecule has 118 valence electrons. The van der Waals surface area contributed by atoms with E-state index in [2.05, 4.69) is 10.4 Å². The number of amides is 1. The molecular formula is C16H22N4O2. The van der Waals surface area contributed by atoms with Gasteiger partial charge < -0.3 is 15.0 Å². The van der Waals surface area contributed by atoms with Crippen molar-refractivity contribution in [3.8, 4) is 5.75 Å². The Labute approximate surface area is 130 Å². The maximum absolute atomic E-state index is 11.5. The van der Waals surface area contributed by atoms with Gasteiger partial charge in [-0.3, -0.25) is 9.48 Å². The molecule has 1 aromatic carbocycles. The Morgan fingerprint density at radius 1 is 1.32 bits per heavy atom. The monoisotopic (exact) mass is 302 g/mol. The number of benzene rings is 1. The van der Waals surface area contributed by atoms with Crippen LogP contribution in [0.15, 0.2) is 36.7 Å². The average Bonchev–Trinajstić information content (AvgIpc) is 2.90. The number of carbonyl (C=O) groups is 1. The van der Waals surface area contributed by atoms with Gasteiger partial charge in [0.25, 0.3) is 5.91 Å². The first kappa shape index (κ1) is 16.0. The number of nitrogens with one attached hydrogen (secondary N) is 1. The lowest BCUT2D eigenvalue weighted by atomic mass is 10.2. The first-order valence-corrected chi connectivity index (χ1v) is 7.15. The Morgan fingerprint density at radius 3 is 2.77 bits per heavy atom. The molecule has 0 unspecified atom stereocenters. The molecule has 0 aliphatic heterocycles. The largest absolute Gasteiger partial charge is 0.484 e. The topological polar surface area (TPSA) is 59.4 Å². The number of carbonyl (C=O) groups excluding carboxylic acids is 1. The van der Waals surface area contributed by atoms with E-state index in [9.17, 15) is 4.79 Å². The molecule has 0 atom stereocenters. The molecule has 0 radical (unpaired) electrons. The van der Waals surface area contributed by atoms with E-state index in [1.165, 1.54) is 4.90 Å². The van der Waals surface area contributed by atoms with Crippen molar-refractivity contribution in [2.24, 2.45) is 7.05 Å². The van der Waals surface area contributed by atoms with E-state index in [0.29, 0.717) is 5.75 Å². The fourth-order valence-corrected chi connectivity index (χ4v) is 1.93. The Morgan fingerprint density at radius 2 is 2.09 bits per heavy atom. The molecule has 0 saturated carbocycles. The van der Waals surface area contributed by atoms with E-state index in [0.717, 1.165) is 24.2 Å². The summed E-state index contributed by atoms with van der Waals surface area (Å²) in [5.74, 6) is 0.649. The minimum atomic E-state index is -0.0555.